The van der Waals surface area contributed by atoms with Crippen molar-refractivity contribution in [1.82, 2.24) is 20.3 Å². The number of nitrogens with zero attached hydrogens (tertiary/aromatic N) is 5. The molecular formula is C20H28N6O3S. The van der Waals surface area contributed by atoms with Crippen molar-refractivity contribution < 1.29 is 12.9 Å². The van der Waals surface area contributed by atoms with Crippen LogP contribution in [0.5, 0.6) is 0 Å². The molecule has 0 unspecified atom stereocenters. The smallest absolute Gasteiger partial charge is 0.236 e. The fourth-order valence-corrected chi connectivity index (χ4v) is 5.42. The number of piperazine rings is 1. The molecular weight excluding hydrogens is 404 g/mol. The van der Waals surface area contributed by atoms with Gasteiger partial charge in [-0.05, 0) is 18.1 Å². The summed E-state index contributed by atoms with van der Waals surface area (Å²) in [6.07, 6.45) is 2.36. The molecule has 1 aromatic carbocycles. The van der Waals surface area contributed by atoms with Crippen molar-refractivity contribution in [3.8, 4) is 0 Å². The zero-order chi connectivity index (χ0) is 21.0. The lowest BCUT2D eigenvalue weighted by molar-refractivity contribution is 0.169. The number of para-hydroxylation sites is 1. The van der Waals surface area contributed by atoms with E-state index in [9.17, 15) is 8.42 Å². The number of hydrogen-bond acceptors (Lipinski definition) is 6. The number of aromatic nitrogens is 1. The lowest BCUT2D eigenvalue weighted by atomic mass is 10.2. The van der Waals surface area contributed by atoms with Crippen molar-refractivity contribution in [2.45, 2.75) is 13.0 Å². The van der Waals surface area contributed by atoms with Gasteiger partial charge in [0.1, 0.15) is 6.26 Å². The highest BCUT2D eigenvalue weighted by Crippen LogP contribution is 2.29. The maximum absolute atomic E-state index is 12.8. The van der Waals surface area contributed by atoms with Crippen LogP contribution in [0.4, 0.5) is 5.69 Å². The lowest BCUT2D eigenvalue weighted by Gasteiger charge is -2.36. The second-order valence-electron chi connectivity index (χ2n) is 7.49. The zero-order valence-corrected chi connectivity index (χ0v) is 18.0. The second kappa shape index (κ2) is 9.05. The van der Waals surface area contributed by atoms with Crippen LogP contribution in [0.2, 0.25) is 0 Å². The number of benzene rings is 1. The van der Waals surface area contributed by atoms with Crippen LogP contribution in [0.15, 0.2) is 46.1 Å². The van der Waals surface area contributed by atoms with E-state index >= 15 is 0 Å². The van der Waals surface area contributed by atoms with Gasteiger partial charge < -0.3 is 14.7 Å². The molecule has 0 amide bonds. The Labute approximate surface area is 177 Å². The van der Waals surface area contributed by atoms with Crippen molar-refractivity contribution >= 4 is 21.7 Å². The standard InChI is InChI=1S/C20H28N6O3S/c1-21-20(25-12-10-24(11-13-25)16-18-7-14-29-23-18)22-8-15-30(27,28)26-9-6-17-4-2-3-5-19(17)26/h2-5,7,14H,6,8-13,15-16H2,1H3,(H,21,22). The molecule has 2 aliphatic heterocycles. The molecule has 4 rings (SSSR count). The number of aliphatic imine (C=N–C) groups is 1. The van der Waals surface area contributed by atoms with E-state index in [1.54, 1.807) is 13.3 Å². The summed E-state index contributed by atoms with van der Waals surface area (Å²) in [6.45, 7) is 5.03. The largest absolute Gasteiger partial charge is 0.364 e. The van der Waals surface area contributed by atoms with Crippen LogP contribution < -0.4 is 9.62 Å². The van der Waals surface area contributed by atoms with Crippen LogP contribution in [0.3, 0.4) is 0 Å². The number of anilines is 1. The van der Waals surface area contributed by atoms with E-state index in [0.717, 1.165) is 62.0 Å². The lowest BCUT2D eigenvalue weighted by Crippen LogP contribution is -2.52. The predicted molar refractivity (Wildman–Crippen MR) is 116 cm³/mol. The summed E-state index contributed by atoms with van der Waals surface area (Å²) in [5, 5.41) is 7.19. The molecule has 3 heterocycles. The van der Waals surface area contributed by atoms with E-state index < -0.39 is 10.0 Å². The molecule has 1 aromatic heterocycles. The molecule has 30 heavy (non-hydrogen) atoms. The number of sulfonamides is 1. The van der Waals surface area contributed by atoms with Gasteiger partial charge in [-0.25, -0.2) is 8.42 Å². The second-order valence-corrected chi connectivity index (χ2v) is 9.51. The van der Waals surface area contributed by atoms with Gasteiger partial charge in [0.2, 0.25) is 10.0 Å². The Morgan fingerprint density at radius 1 is 1.17 bits per heavy atom. The highest BCUT2D eigenvalue weighted by molar-refractivity contribution is 7.92. The topological polar surface area (TPSA) is 94.3 Å². The van der Waals surface area contributed by atoms with Crippen molar-refractivity contribution in [1.29, 1.82) is 0 Å². The molecule has 10 heteroatoms. The fraction of sp³-hybridized carbons (Fsp3) is 0.500. The van der Waals surface area contributed by atoms with Gasteiger partial charge in [-0.15, -0.1) is 0 Å². The first-order valence-corrected chi connectivity index (χ1v) is 11.8. The van der Waals surface area contributed by atoms with E-state index in [1.165, 1.54) is 4.31 Å². The van der Waals surface area contributed by atoms with Crippen LogP contribution >= 0.6 is 0 Å². The Balaban J connectivity index is 1.26. The first-order valence-electron chi connectivity index (χ1n) is 10.2. The third-order valence-electron chi connectivity index (χ3n) is 5.58. The average molecular weight is 433 g/mol. The van der Waals surface area contributed by atoms with E-state index in [2.05, 4.69) is 25.3 Å². The van der Waals surface area contributed by atoms with Crippen LogP contribution in [0.1, 0.15) is 11.3 Å². The molecule has 0 aliphatic carbocycles. The number of nitrogens with one attached hydrogen (secondary N) is 1. The molecule has 0 atom stereocenters. The first-order chi connectivity index (χ1) is 14.6. The van der Waals surface area contributed by atoms with E-state index in [0.29, 0.717) is 13.1 Å². The van der Waals surface area contributed by atoms with Crippen LogP contribution in [0.25, 0.3) is 0 Å². The summed E-state index contributed by atoms with van der Waals surface area (Å²) < 4.78 is 32.1. The molecule has 0 radical (unpaired) electrons. The van der Waals surface area contributed by atoms with Crippen LogP contribution in [0, 0.1) is 0 Å². The maximum Gasteiger partial charge on any atom is 0.236 e. The van der Waals surface area contributed by atoms with Gasteiger partial charge in [0, 0.05) is 58.9 Å². The third-order valence-corrected chi connectivity index (χ3v) is 7.35. The van der Waals surface area contributed by atoms with Crippen molar-refractivity contribution in [2.24, 2.45) is 4.99 Å². The summed E-state index contributed by atoms with van der Waals surface area (Å²) in [6, 6.07) is 9.59. The number of guanidine groups is 1. The molecule has 0 spiro atoms. The highest BCUT2D eigenvalue weighted by Gasteiger charge is 2.29. The monoisotopic (exact) mass is 432 g/mol. The minimum absolute atomic E-state index is 0.0342. The van der Waals surface area contributed by atoms with E-state index in [-0.39, 0.29) is 5.75 Å². The summed E-state index contributed by atoms with van der Waals surface area (Å²) in [5.41, 5.74) is 2.83. The highest BCUT2D eigenvalue weighted by atomic mass is 32.2. The van der Waals surface area contributed by atoms with Crippen LogP contribution in [-0.2, 0) is 23.0 Å². The minimum Gasteiger partial charge on any atom is -0.364 e. The Morgan fingerprint density at radius 2 is 1.97 bits per heavy atom. The SMILES string of the molecule is CN=C(NCCS(=O)(=O)N1CCc2ccccc21)N1CCN(Cc2ccon2)CC1. The molecule has 2 aromatic rings. The predicted octanol–water partition coefficient (Wildman–Crippen LogP) is 0.760. The normalized spacial score (nSPS) is 18.0. The van der Waals surface area contributed by atoms with Crippen molar-refractivity contribution in [2.75, 3.05) is 56.4 Å². The molecule has 9 nitrogen and oxygen atoms in total. The van der Waals surface area contributed by atoms with Crippen molar-refractivity contribution in [3.05, 3.63) is 47.9 Å². The summed E-state index contributed by atoms with van der Waals surface area (Å²) >= 11 is 0. The Kier molecular flexibility index (Phi) is 6.24. The Morgan fingerprint density at radius 3 is 2.70 bits per heavy atom. The Hall–Kier alpha value is -2.59. The molecule has 1 N–H and O–H groups in total. The summed E-state index contributed by atoms with van der Waals surface area (Å²) in [5.74, 6) is 0.778. The van der Waals surface area contributed by atoms with E-state index in [4.69, 9.17) is 4.52 Å². The van der Waals surface area contributed by atoms with Gasteiger partial charge in [0.05, 0.1) is 17.1 Å². The molecule has 1 fully saturated rings. The number of hydrogen-bond donors (Lipinski definition) is 1. The zero-order valence-electron chi connectivity index (χ0n) is 17.2. The van der Waals surface area contributed by atoms with Crippen molar-refractivity contribution in [3.63, 3.8) is 0 Å². The first kappa shape index (κ1) is 20.7. The van der Waals surface area contributed by atoms with Gasteiger partial charge >= 0.3 is 0 Å². The Bertz CT molecular complexity index is 968. The summed E-state index contributed by atoms with van der Waals surface area (Å²) in [4.78, 5) is 8.82. The quantitative estimate of drug-likeness (QED) is 0.532. The maximum atomic E-state index is 12.8. The average Bonchev–Trinajstić information content (AvgIpc) is 3.42. The fourth-order valence-electron chi connectivity index (χ4n) is 4.00. The molecule has 2 aliphatic rings. The van der Waals surface area contributed by atoms with Gasteiger partial charge in [-0.3, -0.25) is 14.2 Å². The molecule has 0 saturated carbocycles. The van der Waals surface area contributed by atoms with Gasteiger partial charge in [0.25, 0.3) is 0 Å². The van der Waals surface area contributed by atoms with Gasteiger partial charge in [-0.1, -0.05) is 23.4 Å². The van der Waals surface area contributed by atoms with E-state index in [1.807, 2.05) is 30.3 Å². The number of fused-ring (bicyclic) bond motifs is 1. The van der Waals surface area contributed by atoms with Crippen LogP contribution in [-0.4, -0.2) is 81.4 Å². The number of rotatable bonds is 6. The third kappa shape index (κ3) is 4.59. The molecule has 1 saturated heterocycles. The molecule has 0 bridgehead atoms. The van der Waals surface area contributed by atoms with Gasteiger partial charge in [0.15, 0.2) is 5.96 Å². The van der Waals surface area contributed by atoms with Gasteiger partial charge in [-0.2, -0.15) is 0 Å². The molecule has 162 valence electrons. The minimum atomic E-state index is -3.37. The summed E-state index contributed by atoms with van der Waals surface area (Å²) in [7, 11) is -1.64.